The molecule has 150 valence electrons. The van der Waals surface area contributed by atoms with Crippen LogP contribution in [-0.4, -0.2) is 17.9 Å². The maximum atomic E-state index is 13.9. The van der Waals surface area contributed by atoms with Crippen molar-refractivity contribution in [3.63, 3.8) is 0 Å². The van der Waals surface area contributed by atoms with Crippen LogP contribution in [0.3, 0.4) is 0 Å². The third-order valence-electron chi connectivity index (χ3n) is 6.14. The molecule has 0 unspecified atom stereocenters. The van der Waals surface area contributed by atoms with Crippen LogP contribution < -0.4 is 4.90 Å². The van der Waals surface area contributed by atoms with Gasteiger partial charge < -0.3 is 4.90 Å². The van der Waals surface area contributed by atoms with E-state index in [1.807, 2.05) is 64.9 Å². The van der Waals surface area contributed by atoms with Gasteiger partial charge in [0.25, 0.3) is 0 Å². The summed E-state index contributed by atoms with van der Waals surface area (Å²) < 4.78 is 0. The first-order valence-corrected chi connectivity index (χ1v) is 11.1. The molecule has 0 aliphatic carbocycles. The molecule has 1 fully saturated rings. The summed E-state index contributed by atoms with van der Waals surface area (Å²) in [5.41, 5.74) is 0.823. The van der Waals surface area contributed by atoms with E-state index in [1.165, 1.54) is 11.3 Å². The molecule has 3 heterocycles. The number of halogens is 1. The number of ketones is 1. The Morgan fingerprint density at radius 1 is 1.06 bits per heavy atom. The quantitative estimate of drug-likeness (QED) is 0.490. The summed E-state index contributed by atoms with van der Waals surface area (Å²) in [5.74, 6) is -0.695. The van der Waals surface area contributed by atoms with Crippen LogP contribution in [-0.2, 0) is 0 Å². The first-order valence-electron chi connectivity index (χ1n) is 9.82. The lowest BCUT2D eigenvalue weighted by molar-refractivity contribution is 0.0951. The van der Waals surface area contributed by atoms with Crippen LogP contribution in [0, 0.1) is 28.1 Å². The minimum absolute atomic E-state index is 0.104. The van der Waals surface area contributed by atoms with Crippen molar-refractivity contribution in [1.82, 2.24) is 0 Å². The number of anilines is 1. The zero-order chi connectivity index (χ0) is 21.6. The molecule has 3 aromatic rings. The number of benzene rings is 2. The van der Waals surface area contributed by atoms with Crippen molar-refractivity contribution in [2.24, 2.45) is 5.41 Å². The summed E-state index contributed by atoms with van der Waals surface area (Å²) in [4.78, 5) is 16.7. The molecule has 0 spiro atoms. The molecule has 0 saturated carbocycles. The Morgan fingerprint density at radius 2 is 1.84 bits per heavy atom. The Kier molecular flexibility index (Phi) is 4.67. The molecule has 4 nitrogen and oxygen atoms in total. The molecule has 5 rings (SSSR count). The highest BCUT2D eigenvalue weighted by atomic mass is 35.5. The Balaban J connectivity index is 1.78. The van der Waals surface area contributed by atoms with E-state index in [9.17, 15) is 15.3 Å². The molecular formula is C25H16ClN3OS. The van der Waals surface area contributed by atoms with Crippen molar-refractivity contribution in [2.45, 2.75) is 18.0 Å². The van der Waals surface area contributed by atoms with E-state index in [0.717, 1.165) is 16.1 Å². The number of hydrogen-bond acceptors (Lipinski definition) is 5. The van der Waals surface area contributed by atoms with Gasteiger partial charge in [0.15, 0.2) is 11.2 Å². The summed E-state index contributed by atoms with van der Waals surface area (Å²) in [7, 11) is 0. The molecule has 0 N–H and O–H groups in total. The molecule has 31 heavy (non-hydrogen) atoms. The van der Waals surface area contributed by atoms with E-state index in [0.29, 0.717) is 10.6 Å². The number of thiophene rings is 1. The summed E-state index contributed by atoms with van der Waals surface area (Å²) in [6.45, 7) is 0. The summed E-state index contributed by atoms with van der Waals surface area (Å²) >= 11 is 7.68. The minimum Gasteiger partial charge on any atom is -0.351 e. The second kappa shape index (κ2) is 7.39. The lowest BCUT2D eigenvalue weighted by Gasteiger charge is -2.35. The van der Waals surface area contributed by atoms with Crippen LogP contribution in [0.4, 0.5) is 5.69 Å². The van der Waals surface area contributed by atoms with Crippen molar-refractivity contribution in [2.75, 3.05) is 4.90 Å². The normalized spacial score (nSPS) is 22.8. The predicted octanol–water partition coefficient (Wildman–Crippen LogP) is 5.69. The fourth-order valence-corrected chi connectivity index (χ4v) is 5.93. The minimum atomic E-state index is -1.41. The molecule has 2 aromatic carbocycles. The van der Waals surface area contributed by atoms with Gasteiger partial charge in [0.1, 0.15) is 6.04 Å². The number of nitrogens with zero attached hydrogens (tertiary/aromatic N) is 3. The van der Waals surface area contributed by atoms with E-state index < -0.39 is 23.4 Å². The lowest BCUT2D eigenvalue weighted by Crippen LogP contribution is -2.44. The van der Waals surface area contributed by atoms with Gasteiger partial charge in [0, 0.05) is 21.2 Å². The van der Waals surface area contributed by atoms with E-state index in [1.54, 1.807) is 18.2 Å². The smallest absolute Gasteiger partial charge is 0.185 e. The Hall–Kier alpha value is -3.38. The van der Waals surface area contributed by atoms with Gasteiger partial charge in [-0.3, -0.25) is 4.79 Å². The van der Waals surface area contributed by atoms with Crippen LogP contribution >= 0.6 is 22.9 Å². The third kappa shape index (κ3) is 2.82. The Labute approximate surface area is 189 Å². The average molecular weight is 442 g/mol. The number of carbonyl (C=O) groups is 1. The summed E-state index contributed by atoms with van der Waals surface area (Å²) in [6, 6.07) is 21.7. The van der Waals surface area contributed by atoms with Crippen LogP contribution in [0.1, 0.15) is 26.7 Å². The third-order valence-corrected chi connectivity index (χ3v) is 7.34. The van der Waals surface area contributed by atoms with E-state index in [2.05, 4.69) is 12.1 Å². The molecule has 2 aliphatic rings. The van der Waals surface area contributed by atoms with Gasteiger partial charge in [0.05, 0.1) is 24.1 Å². The molecule has 3 atom stereocenters. The molecule has 2 aliphatic heterocycles. The fraction of sp³-hybridized carbons (Fsp3) is 0.160. The van der Waals surface area contributed by atoms with Gasteiger partial charge in [-0.05, 0) is 35.2 Å². The highest BCUT2D eigenvalue weighted by Gasteiger charge is 2.63. The Bertz CT molecular complexity index is 1260. The SMILES string of the molecule is N#CC1(C#N)[C@@H]2C=Cc3cc(Cl)ccc3N2[C@@H](C(=O)c2ccccc2)[C@@H]1c1cccs1. The average Bonchev–Trinajstić information content (AvgIpc) is 3.43. The first-order chi connectivity index (χ1) is 15.1. The standard InChI is InChI=1S/C25H16ClN3OS/c26-18-9-10-19-17(13-18)8-11-21-25(14-27,15-28)22(20-7-4-12-31-20)23(29(19)21)24(30)16-5-2-1-3-6-16/h1-13,21-23H/t21-,22-,23+/m0/s1. The monoisotopic (exact) mass is 441 g/mol. The molecule has 1 saturated heterocycles. The predicted molar refractivity (Wildman–Crippen MR) is 122 cm³/mol. The second-order valence-corrected chi connectivity index (χ2v) is 9.09. The van der Waals surface area contributed by atoms with Crippen molar-refractivity contribution in [3.8, 4) is 12.1 Å². The number of hydrogen-bond donors (Lipinski definition) is 0. The van der Waals surface area contributed by atoms with Gasteiger partial charge in [-0.1, -0.05) is 60.2 Å². The van der Waals surface area contributed by atoms with Crippen molar-refractivity contribution >= 4 is 40.5 Å². The summed E-state index contributed by atoms with van der Waals surface area (Å²) in [6.07, 6.45) is 3.76. The zero-order valence-corrected chi connectivity index (χ0v) is 17.8. The van der Waals surface area contributed by atoms with Crippen LogP contribution in [0.5, 0.6) is 0 Å². The highest BCUT2D eigenvalue weighted by molar-refractivity contribution is 7.10. The summed E-state index contributed by atoms with van der Waals surface area (Å²) in [5, 5.41) is 23.2. The van der Waals surface area contributed by atoms with Crippen LogP contribution in [0.2, 0.25) is 5.02 Å². The van der Waals surface area contributed by atoms with E-state index in [-0.39, 0.29) is 5.78 Å². The van der Waals surface area contributed by atoms with Gasteiger partial charge in [-0.2, -0.15) is 10.5 Å². The lowest BCUT2D eigenvalue weighted by atomic mass is 9.71. The maximum absolute atomic E-state index is 13.9. The van der Waals surface area contributed by atoms with Crippen molar-refractivity contribution in [1.29, 1.82) is 10.5 Å². The van der Waals surface area contributed by atoms with Crippen LogP contribution in [0.15, 0.2) is 72.1 Å². The van der Waals surface area contributed by atoms with Gasteiger partial charge in [0.2, 0.25) is 0 Å². The maximum Gasteiger partial charge on any atom is 0.185 e. The molecule has 0 radical (unpaired) electrons. The van der Waals surface area contributed by atoms with Crippen LogP contribution in [0.25, 0.3) is 6.08 Å². The highest BCUT2D eigenvalue weighted by Crippen LogP contribution is 2.56. The van der Waals surface area contributed by atoms with Gasteiger partial charge in [-0.15, -0.1) is 11.3 Å². The van der Waals surface area contributed by atoms with E-state index in [4.69, 9.17) is 11.6 Å². The zero-order valence-electron chi connectivity index (χ0n) is 16.3. The first kappa shape index (κ1) is 19.6. The number of carbonyl (C=O) groups excluding carboxylic acids is 1. The largest absolute Gasteiger partial charge is 0.351 e. The molecule has 0 amide bonds. The second-order valence-electron chi connectivity index (χ2n) is 7.68. The topological polar surface area (TPSA) is 67.9 Å². The fourth-order valence-electron chi connectivity index (χ4n) is 4.81. The Morgan fingerprint density at radius 3 is 2.52 bits per heavy atom. The molecule has 6 heteroatoms. The van der Waals surface area contributed by atoms with Gasteiger partial charge >= 0.3 is 0 Å². The number of Topliss-reactive ketones (excluding diaryl/α,β-unsaturated/α-hetero) is 1. The molecule has 1 aromatic heterocycles. The number of fused-ring (bicyclic) bond motifs is 3. The van der Waals surface area contributed by atoms with E-state index >= 15 is 0 Å². The van der Waals surface area contributed by atoms with Crippen molar-refractivity contribution < 1.29 is 4.79 Å². The van der Waals surface area contributed by atoms with Gasteiger partial charge in [-0.25, -0.2) is 0 Å². The number of nitriles is 2. The van der Waals surface area contributed by atoms with Crippen molar-refractivity contribution in [3.05, 3.63) is 93.1 Å². The number of rotatable bonds is 3. The molecule has 0 bridgehead atoms. The molecular weight excluding hydrogens is 426 g/mol.